The highest BCUT2D eigenvalue weighted by Gasteiger charge is 2.22. The summed E-state index contributed by atoms with van der Waals surface area (Å²) in [6, 6.07) is 8.81. The van der Waals surface area contributed by atoms with E-state index in [4.69, 9.17) is 4.98 Å². The Morgan fingerprint density at radius 3 is 2.41 bits per heavy atom. The van der Waals surface area contributed by atoms with Crippen molar-refractivity contribution in [2.75, 3.05) is 37.8 Å². The number of nitrogens with zero attached hydrogens (tertiary/aromatic N) is 3. The van der Waals surface area contributed by atoms with E-state index in [1.165, 1.54) is 23.5 Å². The van der Waals surface area contributed by atoms with Gasteiger partial charge in [-0.05, 0) is 75.8 Å². The number of rotatable bonds is 9. The van der Waals surface area contributed by atoms with Crippen LogP contribution >= 0.6 is 11.3 Å². The molecule has 1 amide bonds. The van der Waals surface area contributed by atoms with Crippen molar-refractivity contribution in [3.63, 3.8) is 0 Å². The van der Waals surface area contributed by atoms with Crippen molar-refractivity contribution in [2.24, 2.45) is 0 Å². The second kappa shape index (κ2) is 10.1. The van der Waals surface area contributed by atoms with Gasteiger partial charge in [-0.3, -0.25) is 9.69 Å². The molecule has 2 aromatic carbocycles. The summed E-state index contributed by atoms with van der Waals surface area (Å²) in [5.41, 5.74) is 3.13. The molecule has 0 saturated carbocycles. The van der Waals surface area contributed by atoms with Crippen LogP contribution in [0.25, 0.3) is 10.2 Å². The first-order chi connectivity index (χ1) is 15.1. The summed E-state index contributed by atoms with van der Waals surface area (Å²) in [7, 11) is 0.290. The van der Waals surface area contributed by atoms with Gasteiger partial charge in [-0.1, -0.05) is 17.4 Å². The van der Waals surface area contributed by atoms with Crippen molar-refractivity contribution in [3.05, 3.63) is 53.3 Å². The molecule has 0 bridgehead atoms. The molecule has 0 radical (unpaired) electrons. The Kier molecular flexibility index (Phi) is 7.63. The molecule has 172 valence electrons. The molecule has 6 nitrogen and oxygen atoms in total. The molecular formula is C23H28FN3O3S2. The van der Waals surface area contributed by atoms with Crippen LogP contribution in [0.15, 0.2) is 41.3 Å². The van der Waals surface area contributed by atoms with E-state index in [0.717, 1.165) is 33.5 Å². The number of likely N-dealkylation sites (N-methyl/N-ethyl adjacent to an activating group) is 1. The third-order valence-corrected chi connectivity index (χ3v) is 8.21. The molecule has 0 fully saturated rings. The Hall–Kier alpha value is -2.36. The minimum absolute atomic E-state index is 0.0628. The maximum Gasteiger partial charge on any atom is 0.228 e. The highest BCUT2D eigenvalue weighted by atomic mass is 32.2. The molecule has 3 aromatic rings. The fraction of sp³-hybridized carbons (Fsp3) is 0.391. The molecule has 0 N–H and O–H groups in total. The lowest BCUT2D eigenvalue weighted by atomic mass is 10.1. The lowest BCUT2D eigenvalue weighted by molar-refractivity contribution is -0.118. The summed E-state index contributed by atoms with van der Waals surface area (Å²) in [6.07, 6.45) is 0.266. The van der Waals surface area contributed by atoms with Crippen LogP contribution < -0.4 is 4.90 Å². The number of sulfone groups is 1. The number of benzene rings is 2. The Balaban J connectivity index is 1.75. The van der Waals surface area contributed by atoms with Gasteiger partial charge in [0.15, 0.2) is 15.0 Å². The first-order valence-electron chi connectivity index (χ1n) is 10.4. The number of hydrogen-bond acceptors (Lipinski definition) is 6. The molecule has 1 aromatic heterocycles. The number of hydrogen-bond donors (Lipinski definition) is 0. The third-order valence-electron chi connectivity index (χ3n) is 5.35. The summed E-state index contributed by atoms with van der Waals surface area (Å²) < 4.78 is 39.1. The van der Waals surface area contributed by atoms with Crippen LogP contribution in [0.2, 0.25) is 0 Å². The zero-order valence-corrected chi connectivity index (χ0v) is 20.4. The van der Waals surface area contributed by atoms with Crippen molar-refractivity contribution in [1.29, 1.82) is 0 Å². The Bertz CT molecular complexity index is 1210. The normalized spacial score (nSPS) is 11.9. The first-order valence-corrected chi connectivity index (χ1v) is 12.9. The third kappa shape index (κ3) is 5.70. The van der Waals surface area contributed by atoms with Gasteiger partial charge in [0.1, 0.15) is 5.82 Å². The first kappa shape index (κ1) is 24.3. The minimum atomic E-state index is -3.58. The zero-order chi connectivity index (χ0) is 23.5. The largest absolute Gasteiger partial charge is 0.308 e. The minimum Gasteiger partial charge on any atom is -0.308 e. The molecule has 0 unspecified atom stereocenters. The maximum absolute atomic E-state index is 13.1. The fourth-order valence-electron chi connectivity index (χ4n) is 3.26. The van der Waals surface area contributed by atoms with Crippen LogP contribution in [0.4, 0.5) is 9.52 Å². The summed E-state index contributed by atoms with van der Waals surface area (Å²) >= 11 is 1.47. The smallest absolute Gasteiger partial charge is 0.228 e. The molecular weight excluding hydrogens is 449 g/mol. The second-order valence-electron chi connectivity index (χ2n) is 8.08. The van der Waals surface area contributed by atoms with Gasteiger partial charge >= 0.3 is 0 Å². The van der Waals surface area contributed by atoms with Gasteiger partial charge in [-0.15, -0.1) is 0 Å². The Morgan fingerprint density at radius 2 is 1.75 bits per heavy atom. The van der Waals surface area contributed by atoms with E-state index in [0.29, 0.717) is 18.2 Å². The zero-order valence-electron chi connectivity index (χ0n) is 18.8. The number of carbonyl (C=O) groups excluding carboxylic acids is 1. The van der Waals surface area contributed by atoms with Crippen LogP contribution in [-0.4, -0.2) is 57.1 Å². The standard InChI is InChI=1S/C23H28FN3O3S2/c1-16-7-12-20-22(17(16)2)25-23(31-20)27(14-13-26(3)4)21(28)6-5-15-32(29,30)19-10-8-18(24)9-11-19/h7-12H,5-6,13-15H2,1-4H3. The van der Waals surface area contributed by atoms with Crippen molar-refractivity contribution < 1.29 is 17.6 Å². The van der Waals surface area contributed by atoms with E-state index >= 15 is 0 Å². The molecule has 9 heteroatoms. The molecule has 0 aliphatic heterocycles. The predicted octanol–water partition coefficient (Wildman–Crippen LogP) is 4.20. The topological polar surface area (TPSA) is 70.6 Å². The molecule has 0 spiro atoms. The molecule has 0 atom stereocenters. The van der Waals surface area contributed by atoms with Crippen LogP contribution in [0.5, 0.6) is 0 Å². The summed E-state index contributed by atoms with van der Waals surface area (Å²) in [5, 5.41) is 0.627. The van der Waals surface area contributed by atoms with Gasteiger partial charge in [-0.25, -0.2) is 17.8 Å². The average molecular weight is 478 g/mol. The molecule has 32 heavy (non-hydrogen) atoms. The quantitative estimate of drug-likeness (QED) is 0.432. The predicted molar refractivity (Wildman–Crippen MR) is 128 cm³/mol. The van der Waals surface area contributed by atoms with Gasteiger partial charge < -0.3 is 4.90 Å². The SMILES string of the molecule is Cc1ccc2sc(N(CCN(C)C)C(=O)CCCS(=O)(=O)c3ccc(F)cc3)nc2c1C. The van der Waals surface area contributed by atoms with Crippen LogP contribution in [0.1, 0.15) is 24.0 Å². The molecule has 0 aliphatic rings. The van der Waals surface area contributed by atoms with E-state index in [2.05, 4.69) is 0 Å². The number of thiazole rings is 1. The lowest BCUT2D eigenvalue weighted by Gasteiger charge is -2.22. The number of halogens is 1. The molecule has 0 saturated heterocycles. The fourth-order valence-corrected chi connectivity index (χ4v) is 5.64. The van der Waals surface area contributed by atoms with Crippen molar-refractivity contribution >= 4 is 42.4 Å². The summed E-state index contributed by atoms with van der Waals surface area (Å²) in [5.74, 6) is -0.823. The van der Waals surface area contributed by atoms with Crippen molar-refractivity contribution in [3.8, 4) is 0 Å². The summed E-state index contributed by atoms with van der Waals surface area (Å²) in [6.45, 7) is 5.18. The van der Waals surface area contributed by atoms with E-state index < -0.39 is 15.7 Å². The van der Waals surface area contributed by atoms with Crippen molar-refractivity contribution in [1.82, 2.24) is 9.88 Å². The Morgan fingerprint density at radius 1 is 1.06 bits per heavy atom. The van der Waals surface area contributed by atoms with E-state index in [9.17, 15) is 17.6 Å². The summed E-state index contributed by atoms with van der Waals surface area (Å²) in [4.78, 5) is 21.5. The number of fused-ring (bicyclic) bond motifs is 1. The Labute approximate surface area is 192 Å². The average Bonchev–Trinajstić information content (AvgIpc) is 3.15. The van der Waals surface area contributed by atoms with Gasteiger partial charge in [0, 0.05) is 19.5 Å². The molecule has 3 rings (SSSR count). The van der Waals surface area contributed by atoms with Gasteiger partial charge in [0.05, 0.1) is 20.9 Å². The van der Waals surface area contributed by atoms with E-state index in [1.807, 2.05) is 45.0 Å². The van der Waals surface area contributed by atoms with Gasteiger partial charge in [0.25, 0.3) is 0 Å². The van der Waals surface area contributed by atoms with E-state index in [-0.39, 0.29) is 29.4 Å². The number of carbonyl (C=O) groups is 1. The van der Waals surface area contributed by atoms with Crippen molar-refractivity contribution in [2.45, 2.75) is 31.6 Å². The van der Waals surface area contributed by atoms with Crippen LogP contribution in [-0.2, 0) is 14.6 Å². The monoisotopic (exact) mass is 477 g/mol. The number of amides is 1. The number of aromatic nitrogens is 1. The highest BCUT2D eigenvalue weighted by Crippen LogP contribution is 2.32. The molecule has 1 heterocycles. The molecule has 0 aliphatic carbocycles. The van der Waals surface area contributed by atoms with E-state index in [1.54, 1.807) is 4.90 Å². The highest BCUT2D eigenvalue weighted by molar-refractivity contribution is 7.91. The number of anilines is 1. The van der Waals surface area contributed by atoms with Gasteiger partial charge in [-0.2, -0.15) is 0 Å². The lowest BCUT2D eigenvalue weighted by Crippen LogP contribution is -2.36. The number of aryl methyl sites for hydroxylation is 2. The van der Waals surface area contributed by atoms with Crippen LogP contribution in [0, 0.1) is 19.7 Å². The van der Waals surface area contributed by atoms with Gasteiger partial charge in [0.2, 0.25) is 5.91 Å². The van der Waals surface area contributed by atoms with Crippen LogP contribution in [0.3, 0.4) is 0 Å². The maximum atomic E-state index is 13.1. The second-order valence-corrected chi connectivity index (χ2v) is 11.2.